The van der Waals surface area contributed by atoms with Gasteiger partial charge in [0.15, 0.2) is 0 Å². The van der Waals surface area contributed by atoms with E-state index in [-0.39, 0.29) is 8.73 Å². The maximum absolute atomic E-state index is 9.17. The fraction of sp³-hybridized carbons (Fsp3) is 1.00. The SMILES string of the molecule is CCPN=O. The van der Waals surface area contributed by atoms with E-state index < -0.39 is 0 Å². The van der Waals surface area contributed by atoms with Gasteiger partial charge in [-0.1, -0.05) is 11.9 Å². The molecule has 0 saturated carbocycles. The molecule has 2 nitrogen and oxygen atoms in total. The highest BCUT2D eigenvalue weighted by atomic mass is 31.1. The predicted octanol–water partition coefficient (Wildman–Crippen LogP) is 1.37. The molecule has 0 amide bonds. The Balaban J connectivity index is 2.40. The van der Waals surface area contributed by atoms with Crippen LogP contribution in [0.15, 0.2) is 4.95 Å². The summed E-state index contributed by atoms with van der Waals surface area (Å²) >= 11 is 0. The smallest absolute Gasteiger partial charge is 0.0498 e. The Hall–Kier alpha value is 0.0300. The Morgan fingerprint density at radius 3 is 2.60 bits per heavy atom. The quantitative estimate of drug-likeness (QED) is 0.372. The van der Waals surface area contributed by atoms with Gasteiger partial charge in [0.2, 0.25) is 0 Å². The van der Waals surface area contributed by atoms with Crippen LogP contribution in [0.5, 0.6) is 0 Å². The molecule has 0 aliphatic rings. The molecule has 0 heterocycles. The van der Waals surface area contributed by atoms with Gasteiger partial charge in [-0.05, 0) is 6.16 Å². The van der Waals surface area contributed by atoms with Crippen LogP contribution >= 0.6 is 8.73 Å². The van der Waals surface area contributed by atoms with E-state index in [1.807, 2.05) is 6.92 Å². The molecule has 1 unspecified atom stereocenters. The van der Waals surface area contributed by atoms with Crippen molar-refractivity contribution < 1.29 is 0 Å². The van der Waals surface area contributed by atoms with Crippen molar-refractivity contribution in [3.8, 4) is 0 Å². The third-order valence-corrected chi connectivity index (χ3v) is 0.668. The summed E-state index contributed by atoms with van der Waals surface area (Å²) in [4.78, 5) is 11.8. The Kier molecular flexibility index (Phi) is 4.05. The zero-order valence-electron chi connectivity index (χ0n) is 3.06. The second-order valence-electron chi connectivity index (χ2n) is 0.603. The van der Waals surface area contributed by atoms with Gasteiger partial charge in [-0.25, -0.2) is 0 Å². The fourth-order valence-corrected chi connectivity index (χ4v) is 0.194. The van der Waals surface area contributed by atoms with Gasteiger partial charge >= 0.3 is 0 Å². The molecule has 0 radical (unpaired) electrons. The second-order valence-corrected chi connectivity index (χ2v) is 1.81. The molecule has 0 rings (SSSR count). The maximum atomic E-state index is 9.17. The van der Waals surface area contributed by atoms with Crippen molar-refractivity contribution in [2.45, 2.75) is 6.92 Å². The van der Waals surface area contributed by atoms with Crippen LogP contribution in [0.25, 0.3) is 0 Å². The van der Waals surface area contributed by atoms with Gasteiger partial charge in [0.05, 0.1) is 0 Å². The van der Waals surface area contributed by atoms with Gasteiger partial charge in [-0.3, -0.25) is 0 Å². The van der Waals surface area contributed by atoms with Crippen molar-refractivity contribution in [3.05, 3.63) is 4.91 Å². The van der Waals surface area contributed by atoms with Gasteiger partial charge in [-0.2, -0.15) is 0 Å². The average molecular weight is 91.0 g/mol. The highest BCUT2D eigenvalue weighted by Gasteiger charge is 1.66. The Morgan fingerprint density at radius 1 is 2.00 bits per heavy atom. The molecule has 0 saturated heterocycles. The van der Waals surface area contributed by atoms with Gasteiger partial charge in [-0.15, -0.1) is 4.91 Å². The van der Waals surface area contributed by atoms with E-state index in [0.29, 0.717) is 0 Å². The average Bonchev–Trinajstić information content (AvgIpc) is 1.41. The summed E-state index contributed by atoms with van der Waals surface area (Å²) < 4.78 is 0. The molecule has 3 heteroatoms. The van der Waals surface area contributed by atoms with Gasteiger partial charge in [0.1, 0.15) is 0 Å². The van der Waals surface area contributed by atoms with Crippen LogP contribution in [0.4, 0.5) is 0 Å². The van der Waals surface area contributed by atoms with E-state index in [0.717, 1.165) is 6.16 Å². The maximum Gasteiger partial charge on any atom is 0.0498 e. The molecule has 0 spiro atoms. The highest BCUT2D eigenvalue weighted by Crippen LogP contribution is 2.06. The lowest BCUT2D eigenvalue weighted by atomic mass is 11.0. The number of hydrogen-bond acceptors (Lipinski definition) is 2. The van der Waals surface area contributed by atoms with Crippen molar-refractivity contribution >= 4 is 8.73 Å². The lowest BCUT2D eigenvalue weighted by Gasteiger charge is -1.68. The molecule has 0 aromatic heterocycles. The van der Waals surface area contributed by atoms with Crippen molar-refractivity contribution in [2.75, 3.05) is 6.16 Å². The van der Waals surface area contributed by atoms with Gasteiger partial charge in [0.25, 0.3) is 0 Å². The molecule has 0 fully saturated rings. The summed E-state index contributed by atoms with van der Waals surface area (Å²) in [6.45, 7) is 1.93. The minimum Gasteiger partial charge on any atom is -0.147 e. The molecule has 0 aromatic rings. The molecule has 0 aromatic carbocycles. The summed E-state index contributed by atoms with van der Waals surface area (Å²) in [5, 5.41) is 0. The number of rotatable bonds is 2. The van der Waals surface area contributed by atoms with Crippen LogP contribution in [0, 0.1) is 4.91 Å². The fourth-order valence-electron chi connectivity index (χ4n) is 0.0645. The van der Waals surface area contributed by atoms with Crippen molar-refractivity contribution in [1.29, 1.82) is 0 Å². The first-order valence-corrected chi connectivity index (χ1v) is 2.62. The minimum absolute atomic E-state index is 0.267. The molecular formula is C2H6NOP. The third kappa shape index (κ3) is 4.03. The molecule has 0 bridgehead atoms. The molecule has 1 atom stereocenters. The van der Waals surface area contributed by atoms with Crippen LogP contribution in [0.2, 0.25) is 0 Å². The number of nitrogens with zero attached hydrogens (tertiary/aromatic N) is 1. The second kappa shape index (κ2) is 4.03. The lowest BCUT2D eigenvalue weighted by Crippen LogP contribution is -1.46. The Morgan fingerprint density at radius 2 is 2.60 bits per heavy atom. The third-order valence-electron chi connectivity index (χ3n) is 0.223. The van der Waals surface area contributed by atoms with Crippen molar-refractivity contribution in [1.82, 2.24) is 0 Å². The lowest BCUT2D eigenvalue weighted by molar-refractivity contribution is 1.50. The number of nitroso groups, excluding NO2 is 1. The van der Waals surface area contributed by atoms with Crippen molar-refractivity contribution in [3.63, 3.8) is 0 Å². The normalized spacial score (nSPS) is 9.80. The minimum atomic E-state index is 0.267. The largest absolute Gasteiger partial charge is 0.147 e. The van der Waals surface area contributed by atoms with E-state index in [1.54, 1.807) is 0 Å². The predicted molar refractivity (Wildman–Crippen MR) is 24.7 cm³/mol. The van der Waals surface area contributed by atoms with Crippen molar-refractivity contribution in [2.24, 2.45) is 4.95 Å². The monoisotopic (exact) mass is 91.0 g/mol. The van der Waals surface area contributed by atoms with Crippen LogP contribution < -0.4 is 0 Å². The molecule has 30 valence electrons. The van der Waals surface area contributed by atoms with Crippen LogP contribution in [-0.2, 0) is 0 Å². The summed E-state index contributed by atoms with van der Waals surface area (Å²) in [6, 6.07) is 0. The Bertz CT molecular complexity index is 30.8. The summed E-state index contributed by atoms with van der Waals surface area (Å²) in [5.74, 6) is 0. The van der Waals surface area contributed by atoms with E-state index in [2.05, 4.69) is 4.95 Å². The van der Waals surface area contributed by atoms with Gasteiger partial charge < -0.3 is 0 Å². The molecule has 0 N–H and O–H groups in total. The standard InChI is InChI=1S/C2H6NOP/c1-2-5-3-4/h5H,2H2,1H3. The van der Waals surface area contributed by atoms with E-state index in [9.17, 15) is 0 Å². The van der Waals surface area contributed by atoms with E-state index in [1.165, 1.54) is 0 Å². The molecule has 0 aliphatic carbocycles. The van der Waals surface area contributed by atoms with Crippen LogP contribution in [0.1, 0.15) is 6.92 Å². The highest BCUT2D eigenvalue weighted by molar-refractivity contribution is 7.36. The zero-order chi connectivity index (χ0) is 4.12. The first-order chi connectivity index (χ1) is 2.41. The molecular weight excluding hydrogens is 85.0 g/mol. The van der Waals surface area contributed by atoms with E-state index in [4.69, 9.17) is 4.91 Å². The summed E-state index contributed by atoms with van der Waals surface area (Å²) in [6.07, 6.45) is 0.892. The summed E-state index contributed by atoms with van der Waals surface area (Å²) in [7, 11) is 0.267. The zero-order valence-corrected chi connectivity index (χ0v) is 4.06. The molecule has 5 heavy (non-hydrogen) atoms. The summed E-state index contributed by atoms with van der Waals surface area (Å²) in [5.41, 5.74) is 0. The molecule has 0 aliphatic heterocycles. The van der Waals surface area contributed by atoms with Crippen LogP contribution in [0.3, 0.4) is 0 Å². The number of hydrogen-bond donors (Lipinski definition) is 0. The van der Waals surface area contributed by atoms with E-state index >= 15 is 0 Å². The first-order valence-electron chi connectivity index (χ1n) is 1.47. The first kappa shape index (κ1) is 5.03. The van der Waals surface area contributed by atoms with Crippen LogP contribution in [-0.4, -0.2) is 6.16 Å². The topological polar surface area (TPSA) is 29.4 Å². The van der Waals surface area contributed by atoms with Gasteiger partial charge in [0, 0.05) is 8.73 Å². The Labute approximate surface area is 32.8 Å².